The van der Waals surface area contributed by atoms with Crippen molar-refractivity contribution in [1.29, 1.82) is 0 Å². The Hall–Kier alpha value is -0.610. The first-order valence-corrected chi connectivity index (χ1v) is 9.64. The summed E-state index contributed by atoms with van der Waals surface area (Å²) in [5.41, 5.74) is 0. The number of hydrogen-bond donors (Lipinski definition) is 3. The summed E-state index contributed by atoms with van der Waals surface area (Å²) < 4.78 is 10.3. The minimum absolute atomic E-state index is 0. The second kappa shape index (κ2) is 17.8. The van der Waals surface area contributed by atoms with Crippen molar-refractivity contribution in [3.05, 3.63) is 0 Å². The summed E-state index contributed by atoms with van der Waals surface area (Å²) in [7, 11) is 1.66. The minimum Gasteiger partial charge on any atom is -0.382 e. The molecule has 0 aromatic rings. The number of halogens is 1. The largest absolute Gasteiger partial charge is 0.382 e. The number of nitrogens with zero attached hydrogens (tertiary/aromatic N) is 1. The predicted molar refractivity (Wildman–Crippen MR) is 116 cm³/mol. The van der Waals surface area contributed by atoms with Crippen molar-refractivity contribution in [3.8, 4) is 0 Å². The van der Waals surface area contributed by atoms with Crippen LogP contribution < -0.4 is 16.0 Å². The molecule has 1 aliphatic rings. The number of amides is 1. The van der Waals surface area contributed by atoms with Gasteiger partial charge < -0.3 is 25.4 Å². The van der Waals surface area contributed by atoms with Gasteiger partial charge in [-0.1, -0.05) is 19.3 Å². The number of nitrogens with one attached hydrogen (secondary N) is 3. The molecule has 8 heteroatoms. The normalized spacial score (nSPS) is 15.2. The van der Waals surface area contributed by atoms with Crippen molar-refractivity contribution in [3.63, 3.8) is 0 Å². The molecule has 7 nitrogen and oxygen atoms in total. The van der Waals surface area contributed by atoms with Crippen molar-refractivity contribution < 1.29 is 14.3 Å². The molecular weight excluding hydrogens is 447 g/mol. The van der Waals surface area contributed by atoms with E-state index in [0.717, 1.165) is 31.8 Å². The van der Waals surface area contributed by atoms with Crippen LogP contribution in [0, 0.1) is 0 Å². The zero-order valence-corrected chi connectivity index (χ0v) is 18.7. The Bertz CT molecular complexity index is 377. The molecule has 0 aromatic carbocycles. The van der Waals surface area contributed by atoms with Gasteiger partial charge in [-0.3, -0.25) is 9.79 Å². The van der Waals surface area contributed by atoms with Crippen LogP contribution in [0.3, 0.4) is 0 Å². The Balaban J connectivity index is 0.00000625. The molecule has 1 rings (SSSR count). The third-order valence-electron chi connectivity index (χ3n) is 4.11. The zero-order valence-electron chi connectivity index (χ0n) is 16.3. The summed E-state index contributed by atoms with van der Waals surface area (Å²) in [6, 6.07) is 0.376. The monoisotopic (exact) mass is 484 g/mol. The fourth-order valence-corrected chi connectivity index (χ4v) is 2.78. The van der Waals surface area contributed by atoms with E-state index in [1.807, 2.05) is 6.92 Å². The molecule has 0 unspecified atom stereocenters. The van der Waals surface area contributed by atoms with Crippen molar-refractivity contribution in [2.75, 3.05) is 46.6 Å². The molecule has 0 spiro atoms. The van der Waals surface area contributed by atoms with Crippen LogP contribution >= 0.6 is 24.0 Å². The van der Waals surface area contributed by atoms with E-state index in [0.29, 0.717) is 45.4 Å². The van der Waals surface area contributed by atoms with Crippen LogP contribution in [0.15, 0.2) is 4.99 Å². The van der Waals surface area contributed by atoms with Gasteiger partial charge in [-0.15, -0.1) is 24.0 Å². The van der Waals surface area contributed by atoms with Gasteiger partial charge in [0.2, 0.25) is 5.91 Å². The van der Waals surface area contributed by atoms with Crippen LogP contribution in [-0.4, -0.2) is 64.5 Å². The first kappa shape index (κ1) is 25.4. The quantitative estimate of drug-likeness (QED) is 0.171. The molecule has 0 heterocycles. The lowest BCUT2D eigenvalue weighted by atomic mass is 9.95. The van der Waals surface area contributed by atoms with Gasteiger partial charge in [-0.2, -0.15) is 0 Å². The highest BCUT2D eigenvalue weighted by atomic mass is 127. The van der Waals surface area contributed by atoms with Crippen LogP contribution in [0.4, 0.5) is 0 Å². The van der Waals surface area contributed by atoms with Gasteiger partial charge in [-0.25, -0.2) is 0 Å². The summed E-state index contributed by atoms with van der Waals surface area (Å²) in [5.74, 6) is 0.881. The standard InChI is InChI=1S/C18H36N4O3.HI/c1-3-19-18(20-11-7-13-25-15-14-24-2)21-12-10-17(23)22-16-8-5-4-6-9-16;/h16H,3-15H2,1-2H3,(H,22,23)(H2,19,20,21);1H. The maximum absolute atomic E-state index is 12.0. The first-order valence-electron chi connectivity index (χ1n) is 9.64. The number of methoxy groups -OCH3 is 1. The van der Waals surface area contributed by atoms with E-state index in [1.54, 1.807) is 7.11 Å². The second-order valence-electron chi connectivity index (χ2n) is 6.30. The number of hydrogen-bond acceptors (Lipinski definition) is 4. The molecule has 0 radical (unpaired) electrons. The van der Waals surface area contributed by atoms with Gasteiger partial charge in [0.1, 0.15) is 0 Å². The molecule has 0 bridgehead atoms. The zero-order chi connectivity index (χ0) is 18.2. The lowest BCUT2D eigenvalue weighted by Crippen LogP contribution is -2.41. The van der Waals surface area contributed by atoms with Crippen LogP contribution in [0.1, 0.15) is 51.9 Å². The summed E-state index contributed by atoms with van der Waals surface area (Å²) in [6.45, 7) is 6.03. The molecule has 154 valence electrons. The average Bonchev–Trinajstić information content (AvgIpc) is 2.61. The van der Waals surface area contributed by atoms with Crippen molar-refractivity contribution in [2.24, 2.45) is 4.99 Å². The van der Waals surface area contributed by atoms with E-state index in [9.17, 15) is 4.79 Å². The second-order valence-corrected chi connectivity index (χ2v) is 6.30. The van der Waals surface area contributed by atoms with Crippen molar-refractivity contribution in [2.45, 2.75) is 57.9 Å². The van der Waals surface area contributed by atoms with Crippen molar-refractivity contribution in [1.82, 2.24) is 16.0 Å². The Morgan fingerprint density at radius 2 is 1.88 bits per heavy atom. The molecular formula is C18H37IN4O3. The Labute approximate surface area is 175 Å². The lowest BCUT2D eigenvalue weighted by molar-refractivity contribution is -0.121. The topological polar surface area (TPSA) is 84.0 Å². The number of ether oxygens (including phenoxy) is 2. The van der Waals surface area contributed by atoms with Crippen molar-refractivity contribution >= 4 is 35.8 Å². The molecule has 26 heavy (non-hydrogen) atoms. The lowest BCUT2D eigenvalue weighted by Gasteiger charge is -2.22. The summed E-state index contributed by atoms with van der Waals surface area (Å²) in [4.78, 5) is 16.5. The van der Waals surface area contributed by atoms with Crippen LogP contribution in [0.5, 0.6) is 0 Å². The summed E-state index contributed by atoms with van der Waals surface area (Å²) >= 11 is 0. The third kappa shape index (κ3) is 13.6. The molecule has 1 saturated carbocycles. The average molecular weight is 484 g/mol. The Kier molecular flexibility index (Phi) is 17.4. The predicted octanol–water partition coefficient (Wildman–Crippen LogP) is 2.05. The highest BCUT2D eigenvalue weighted by molar-refractivity contribution is 14.0. The van der Waals surface area contributed by atoms with E-state index < -0.39 is 0 Å². The minimum atomic E-state index is 0. The first-order chi connectivity index (χ1) is 12.3. The molecule has 1 fully saturated rings. The van der Waals surface area contributed by atoms with E-state index in [4.69, 9.17) is 9.47 Å². The number of aliphatic imine (C=N–C) groups is 1. The SMILES string of the molecule is CCNC(=NCCCOCCOC)NCCC(=O)NC1CCCCC1.I. The highest BCUT2D eigenvalue weighted by Gasteiger charge is 2.15. The highest BCUT2D eigenvalue weighted by Crippen LogP contribution is 2.17. The van der Waals surface area contributed by atoms with Gasteiger partial charge in [0.25, 0.3) is 0 Å². The molecule has 0 atom stereocenters. The van der Waals surface area contributed by atoms with E-state index in [2.05, 4.69) is 20.9 Å². The fraction of sp³-hybridized carbons (Fsp3) is 0.889. The fourth-order valence-electron chi connectivity index (χ4n) is 2.78. The Morgan fingerprint density at radius 3 is 2.58 bits per heavy atom. The molecule has 3 N–H and O–H groups in total. The smallest absolute Gasteiger partial charge is 0.221 e. The number of guanidine groups is 1. The third-order valence-corrected chi connectivity index (χ3v) is 4.11. The molecule has 0 saturated heterocycles. The Morgan fingerprint density at radius 1 is 1.12 bits per heavy atom. The van der Waals surface area contributed by atoms with Gasteiger partial charge in [0.15, 0.2) is 5.96 Å². The van der Waals surface area contributed by atoms with Gasteiger partial charge in [0, 0.05) is 45.8 Å². The number of carbonyl (C=O) groups is 1. The molecule has 0 aliphatic heterocycles. The molecule has 0 aromatic heterocycles. The number of carbonyl (C=O) groups excluding carboxylic acids is 1. The van der Waals surface area contributed by atoms with Gasteiger partial charge in [-0.05, 0) is 26.2 Å². The van der Waals surface area contributed by atoms with Crippen LogP contribution in [0.25, 0.3) is 0 Å². The van der Waals surface area contributed by atoms with E-state index in [1.165, 1.54) is 19.3 Å². The van der Waals surface area contributed by atoms with Crippen LogP contribution in [-0.2, 0) is 14.3 Å². The maximum atomic E-state index is 12.0. The number of rotatable bonds is 12. The van der Waals surface area contributed by atoms with E-state index >= 15 is 0 Å². The van der Waals surface area contributed by atoms with Gasteiger partial charge >= 0.3 is 0 Å². The summed E-state index contributed by atoms with van der Waals surface area (Å²) in [6.07, 6.45) is 7.34. The van der Waals surface area contributed by atoms with Crippen LogP contribution in [0.2, 0.25) is 0 Å². The maximum Gasteiger partial charge on any atom is 0.221 e. The molecule has 1 amide bonds. The van der Waals surface area contributed by atoms with Gasteiger partial charge in [0.05, 0.1) is 13.2 Å². The van der Waals surface area contributed by atoms with E-state index in [-0.39, 0.29) is 29.9 Å². The molecule has 1 aliphatic carbocycles. The summed E-state index contributed by atoms with van der Waals surface area (Å²) in [5, 5.41) is 9.55.